The van der Waals surface area contributed by atoms with Gasteiger partial charge in [0.15, 0.2) is 0 Å². The molecular formula is C19H15ClF2N4O. The van der Waals surface area contributed by atoms with Crippen LogP contribution in [0.15, 0.2) is 42.7 Å². The Balaban J connectivity index is 1.53. The molecule has 0 radical (unpaired) electrons. The van der Waals surface area contributed by atoms with E-state index in [-0.39, 0.29) is 22.0 Å². The maximum absolute atomic E-state index is 14.0. The van der Waals surface area contributed by atoms with Crippen LogP contribution in [0.2, 0.25) is 5.02 Å². The summed E-state index contributed by atoms with van der Waals surface area (Å²) in [6, 6.07) is 8.52. The van der Waals surface area contributed by atoms with Crippen LogP contribution in [0.4, 0.5) is 14.6 Å². The maximum Gasteiger partial charge on any atom is 0.255 e. The SMILES string of the molecule is O=C(c1ccc(F)cc1Cl)N1CCN(c2ncnc3c(F)cccc23)CC1. The molecule has 138 valence electrons. The first-order chi connectivity index (χ1) is 13.0. The second-order valence-electron chi connectivity index (χ2n) is 6.24. The fraction of sp³-hybridized carbons (Fsp3) is 0.211. The second kappa shape index (κ2) is 7.08. The molecule has 1 fully saturated rings. The number of carbonyl (C=O) groups is 1. The average Bonchev–Trinajstić information content (AvgIpc) is 2.68. The fourth-order valence-corrected chi connectivity index (χ4v) is 3.49. The van der Waals surface area contributed by atoms with Crippen molar-refractivity contribution in [3.8, 4) is 0 Å². The molecule has 4 rings (SSSR count). The van der Waals surface area contributed by atoms with Crippen LogP contribution in [-0.2, 0) is 0 Å². The Kier molecular flexibility index (Phi) is 4.61. The number of benzene rings is 2. The van der Waals surface area contributed by atoms with Crippen LogP contribution < -0.4 is 4.90 Å². The van der Waals surface area contributed by atoms with Crippen molar-refractivity contribution in [3.63, 3.8) is 0 Å². The zero-order chi connectivity index (χ0) is 19.0. The van der Waals surface area contributed by atoms with Gasteiger partial charge in [0.05, 0.1) is 10.6 Å². The number of piperazine rings is 1. The summed E-state index contributed by atoms with van der Waals surface area (Å²) in [5.74, 6) is -0.468. The van der Waals surface area contributed by atoms with E-state index < -0.39 is 11.6 Å². The van der Waals surface area contributed by atoms with Crippen LogP contribution in [0, 0.1) is 11.6 Å². The summed E-state index contributed by atoms with van der Waals surface area (Å²) >= 11 is 6.00. The summed E-state index contributed by atoms with van der Waals surface area (Å²) in [6.07, 6.45) is 1.34. The molecule has 0 spiro atoms. The molecule has 3 aromatic rings. The molecule has 1 aliphatic heterocycles. The van der Waals surface area contributed by atoms with Crippen LogP contribution in [0.1, 0.15) is 10.4 Å². The van der Waals surface area contributed by atoms with Crippen LogP contribution >= 0.6 is 11.6 Å². The van der Waals surface area contributed by atoms with Crippen LogP contribution in [0.25, 0.3) is 10.9 Å². The van der Waals surface area contributed by atoms with E-state index in [0.717, 1.165) is 6.07 Å². The number of anilines is 1. The van der Waals surface area contributed by atoms with Gasteiger partial charge in [0.25, 0.3) is 5.91 Å². The summed E-state index contributed by atoms with van der Waals surface area (Å²) in [7, 11) is 0. The fourth-order valence-electron chi connectivity index (χ4n) is 3.24. The molecular weight excluding hydrogens is 374 g/mol. The van der Waals surface area contributed by atoms with Gasteiger partial charge in [-0.3, -0.25) is 4.79 Å². The molecule has 1 aromatic heterocycles. The smallest absolute Gasteiger partial charge is 0.255 e. The number of rotatable bonds is 2. The average molecular weight is 389 g/mol. The summed E-state index contributed by atoms with van der Waals surface area (Å²) in [5, 5.41) is 0.735. The minimum absolute atomic E-state index is 0.0969. The Hall–Kier alpha value is -2.80. The van der Waals surface area contributed by atoms with Gasteiger partial charge in [0.2, 0.25) is 0 Å². The van der Waals surface area contributed by atoms with Crippen molar-refractivity contribution in [2.75, 3.05) is 31.1 Å². The molecule has 0 bridgehead atoms. The molecule has 0 saturated carbocycles. The quantitative estimate of drug-likeness (QED) is 0.674. The highest BCUT2D eigenvalue weighted by Gasteiger charge is 2.25. The standard InChI is InChI=1S/C19H15ClF2N4O/c20-15-10-12(21)4-5-13(15)19(27)26-8-6-25(7-9-26)18-14-2-1-3-16(22)17(14)23-11-24-18/h1-5,10-11H,6-9H2. The van der Waals surface area contributed by atoms with E-state index in [2.05, 4.69) is 9.97 Å². The first-order valence-corrected chi connectivity index (χ1v) is 8.81. The lowest BCUT2D eigenvalue weighted by Crippen LogP contribution is -2.49. The number of hydrogen-bond acceptors (Lipinski definition) is 4. The highest BCUT2D eigenvalue weighted by molar-refractivity contribution is 6.33. The lowest BCUT2D eigenvalue weighted by Gasteiger charge is -2.36. The summed E-state index contributed by atoms with van der Waals surface area (Å²) < 4.78 is 27.1. The third-order valence-corrected chi connectivity index (χ3v) is 4.94. The van der Waals surface area contributed by atoms with Gasteiger partial charge in [-0.1, -0.05) is 17.7 Å². The monoisotopic (exact) mass is 388 g/mol. The number of fused-ring (bicyclic) bond motifs is 1. The van der Waals surface area contributed by atoms with E-state index in [1.54, 1.807) is 17.0 Å². The van der Waals surface area contributed by atoms with E-state index in [4.69, 9.17) is 11.6 Å². The lowest BCUT2D eigenvalue weighted by atomic mass is 10.1. The number of aromatic nitrogens is 2. The topological polar surface area (TPSA) is 49.3 Å². The first kappa shape index (κ1) is 17.6. The zero-order valence-electron chi connectivity index (χ0n) is 14.2. The Morgan fingerprint density at radius 2 is 1.81 bits per heavy atom. The van der Waals surface area contributed by atoms with Crippen LogP contribution in [0.3, 0.4) is 0 Å². The molecule has 1 amide bonds. The predicted octanol–water partition coefficient (Wildman–Crippen LogP) is 3.52. The summed E-state index contributed by atoms with van der Waals surface area (Å²) in [5.41, 5.74) is 0.556. The van der Waals surface area contributed by atoms with E-state index in [9.17, 15) is 13.6 Å². The number of halogens is 3. The van der Waals surface area contributed by atoms with Crippen molar-refractivity contribution in [3.05, 3.63) is 64.9 Å². The Morgan fingerprint density at radius 1 is 1.04 bits per heavy atom. The van der Waals surface area contributed by atoms with Crippen molar-refractivity contribution in [1.29, 1.82) is 0 Å². The molecule has 0 unspecified atom stereocenters. The number of para-hydroxylation sites is 1. The van der Waals surface area contributed by atoms with Gasteiger partial charge in [-0.15, -0.1) is 0 Å². The van der Waals surface area contributed by atoms with Crippen molar-refractivity contribution in [2.24, 2.45) is 0 Å². The third-order valence-electron chi connectivity index (χ3n) is 4.62. The molecule has 0 atom stereocenters. The van der Waals surface area contributed by atoms with Crippen molar-refractivity contribution < 1.29 is 13.6 Å². The highest BCUT2D eigenvalue weighted by Crippen LogP contribution is 2.26. The number of amides is 1. The summed E-state index contributed by atoms with van der Waals surface area (Å²) in [4.78, 5) is 24.6. The summed E-state index contributed by atoms with van der Waals surface area (Å²) in [6.45, 7) is 1.97. The zero-order valence-corrected chi connectivity index (χ0v) is 15.0. The normalized spacial score (nSPS) is 14.6. The third kappa shape index (κ3) is 3.30. The Bertz CT molecular complexity index is 1020. The van der Waals surface area contributed by atoms with Gasteiger partial charge in [0, 0.05) is 31.6 Å². The van der Waals surface area contributed by atoms with E-state index in [1.807, 2.05) is 4.90 Å². The van der Waals surface area contributed by atoms with Gasteiger partial charge < -0.3 is 9.80 Å². The number of hydrogen-bond donors (Lipinski definition) is 0. The molecule has 0 N–H and O–H groups in total. The minimum Gasteiger partial charge on any atom is -0.352 e. The van der Waals surface area contributed by atoms with Gasteiger partial charge in [-0.05, 0) is 30.3 Å². The van der Waals surface area contributed by atoms with Gasteiger partial charge in [-0.2, -0.15) is 0 Å². The van der Waals surface area contributed by atoms with E-state index in [0.29, 0.717) is 37.4 Å². The highest BCUT2D eigenvalue weighted by atomic mass is 35.5. The van der Waals surface area contributed by atoms with E-state index in [1.165, 1.54) is 24.5 Å². The van der Waals surface area contributed by atoms with E-state index >= 15 is 0 Å². The number of carbonyl (C=O) groups excluding carboxylic acids is 1. The maximum atomic E-state index is 14.0. The van der Waals surface area contributed by atoms with Crippen molar-refractivity contribution in [1.82, 2.24) is 14.9 Å². The number of nitrogens with zero attached hydrogens (tertiary/aromatic N) is 4. The van der Waals surface area contributed by atoms with Gasteiger partial charge >= 0.3 is 0 Å². The molecule has 5 nitrogen and oxygen atoms in total. The molecule has 2 aromatic carbocycles. The first-order valence-electron chi connectivity index (χ1n) is 8.43. The largest absolute Gasteiger partial charge is 0.352 e. The molecule has 0 aliphatic carbocycles. The Morgan fingerprint density at radius 3 is 2.56 bits per heavy atom. The van der Waals surface area contributed by atoms with Gasteiger partial charge in [0.1, 0.15) is 29.3 Å². The lowest BCUT2D eigenvalue weighted by molar-refractivity contribution is 0.0746. The molecule has 8 heteroatoms. The molecule has 2 heterocycles. The van der Waals surface area contributed by atoms with Crippen LogP contribution in [0.5, 0.6) is 0 Å². The van der Waals surface area contributed by atoms with Crippen LogP contribution in [-0.4, -0.2) is 47.0 Å². The second-order valence-corrected chi connectivity index (χ2v) is 6.64. The Labute approximate surface area is 159 Å². The van der Waals surface area contributed by atoms with Crippen molar-refractivity contribution >= 4 is 34.2 Å². The van der Waals surface area contributed by atoms with Crippen molar-refractivity contribution in [2.45, 2.75) is 0 Å². The molecule has 1 saturated heterocycles. The minimum atomic E-state index is -0.482. The predicted molar refractivity (Wildman–Crippen MR) is 99.0 cm³/mol. The molecule has 27 heavy (non-hydrogen) atoms. The molecule has 1 aliphatic rings. The van der Waals surface area contributed by atoms with Gasteiger partial charge in [-0.25, -0.2) is 18.7 Å².